The molecule has 0 spiro atoms. The second-order valence-corrected chi connectivity index (χ2v) is 11.0. The minimum atomic E-state index is -0.857. The van der Waals surface area contributed by atoms with Crippen molar-refractivity contribution in [3.8, 4) is 0 Å². The first-order chi connectivity index (χ1) is 21.7. The van der Waals surface area contributed by atoms with Crippen molar-refractivity contribution in [3.05, 3.63) is 0 Å². The number of aliphatic hydroxyl groups is 1. The lowest BCUT2D eigenvalue weighted by atomic mass is 10.2. The molecule has 262 valence electrons. The number of unbranched alkanes of at least 4 members (excludes halogenated alkanes) is 2. The van der Waals surface area contributed by atoms with Gasteiger partial charge in [-0.15, -0.1) is 0 Å². The lowest BCUT2D eigenvalue weighted by Crippen LogP contribution is -2.49. The van der Waals surface area contributed by atoms with E-state index >= 15 is 0 Å². The van der Waals surface area contributed by atoms with Crippen molar-refractivity contribution in [3.63, 3.8) is 0 Å². The molecule has 4 N–H and O–H groups in total. The minimum absolute atomic E-state index is 0.0162. The molecule has 0 bridgehead atoms. The number of amides is 2. The van der Waals surface area contributed by atoms with Gasteiger partial charge in [-0.3, -0.25) is 38.8 Å². The molecule has 15 nitrogen and oxygen atoms in total. The Kier molecular flexibility index (Phi) is 26.0. The van der Waals surface area contributed by atoms with Crippen LogP contribution in [0.3, 0.4) is 0 Å². The number of carboxylic acids is 2. The molecule has 0 atom stereocenters. The van der Waals surface area contributed by atoms with Crippen molar-refractivity contribution >= 4 is 30.5 Å². The van der Waals surface area contributed by atoms with Crippen molar-refractivity contribution in [2.24, 2.45) is 0 Å². The standard InChI is InChI=1S/C16H30N4O5.C13H25N3O2.CH4O/c1-2-17-3-7-19(13-15(22)23)9-5-18(11-12-21)6-10-20(8-4-17)14-16(24)25;1-2-3-4-7-15-8-10-16(11-9-15)13(18)5-6-14-12-17;1-2/h12H,2-11,13-14H2,1H3,(H,22,23)(H,24,25);12H,2-11H2,1H3,(H,14,17);2H,1H3. The van der Waals surface area contributed by atoms with Crippen molar-refractivity contribution < 1.29 is 39.3 Å². The van der Waals surface area contributed by atoms with Crippen LogP contribution in [0.2, 0.25) is 0 Å². The summed E-state index contributed by atoms with van der Waals surface area (Å²) in [5.74, 6) is -1.56. The van der Waals surface area contributed by atoms with Gasteiger partial charge < -0.3 is 35.2 Å². The van der Waals surface area contributed by atoms with Gasteiger partial charge in [-0.25, -0.2) is 0 Å². The minimum Gasteiger partial charge on any atom is -0.480 e. The zero-order valence-corrected chi connectivity index (χ0v) is 27.8. The van der Waals surface area contributed by atoms with Gasteiger partial charge in [-0.1, -0.05) is 26.7 Å². The Balaban J connectivity index is 0.000000854. The van der Waals surface area contributed by atoms with Crippen LogP contribution in [0.1, 0.15) is 39.5 Å². The van der Waals surface area contributed by atoms with Crippen molar-refractivity contribution in [2.45, 2.75) is 39.5 Å². The Morgan fingerprint density at radius 1 is 0.667 bits per heavy atom. The van der Waals surface area contributed by atoms with E-state index < -0.39 is 11.9 Å². The smallest absolute Gasteiger partial charge is 0.317 e. The highest BCUT2D eigenvalue weighted by atomic mass is 16.4. The van der Waals surface area contributed by atoms with Gasteiger partial charge in [0.05, 0.1) is 19.6 Å². The van der Waals surface area contributed by atoms with Crippen LogP contribution in [-0.2, 0) is 24.0 Å². The van der Waals surface area contributed by atoms with E-state index in [1.807, 2.05) is 26.5 Å². The molecule has 2 fully saturated rings. The van der Waals surface area contributed by atoms with Crippen LogP contribution in [0.4, 0.5) is 0 Å². The monoisotopic (exact) mass is 645 g/mol. The number of hydrogen-bond acceptors (Lipinski definition) is 11. The molecule has 0 unspecified atom stereocenters. The van der Waals surface area contributed by atoms with Gasteiger partial charge in [-0.05, 0) is 19.5 Å². The number of aldehydes is 1. The first-order valence-electron chi connectivity index (χ1n) is 16.1. The number of piperazine rings is 1. The van der Waals surface area contributed by atoms with Crippen LogP contribution in [0.5, 0.6) is 0 Å². The maximum atomic E-state index is 11.8. The normalized spacial score (nSPS) is 18.2. The number of carboxylic acid groups (broad SMARTS) is 2. The van der Waals surface area contributed by atoms with Gasteiger partial charge >= 0.3 is 11.9 Å². The van der Waals surface area contributed by atoms with Gasteiger partial charge in [0.15, 0.2) is 0 Å². The fourth-order valence-electron chi connectivity index (χ4n) is 5.08. The lowest BCUT2D eigenvalue weighted by Gasteiger charge is -2.34. The van der Waals surface area contributed by atoms with Crippen LogP contribution in [-0.4, -0.2) is 200 Å². The van der Waals surface area contributed by atoms with E-state index in [1.165, 1.54) is 19.3 Å². The first kappa shape index (κ1) is 42.3. The van der Waals surface area contributed by atoms with Gasteiger partial charge in [0.2, 0.25) is 12.3 Å². The SMILES string of the molecule is CCCCCN1CCN(C(=O)CCNC=O)CC1.CCN1CCN(CC(=O)O)CCN(CC=O)CCN(CC(=O)O)CC1.CO. The number of rotatable bonds is 15. The quantitative estimate of drug-likeness (QED) is 0.122. The highest BCUT2D eigenvalue weighted by Crippen LogP contribution is 2.06. The van der Waals surface area contributed by atoms with Crippen LogP contribution < -0.4 is 5.32 Å². The van der Waals surface area contributed by atoms with E-state index in [0.29, 0.717) is 58.6 Å². The molecule has 0 aromatic carbocycles. The molecule has 15 heteroatoms. The lowest BCUT2D eigenvalue weighted by molar-refractivity contribution is -0.139. The van der Waals surface area contributed by atoms with Crippen LogP contribution in [0.25, 0.3) is 0 Å². The number of nitrogens with one attached hydrogen (secondary N) is 1. The van der Waals surface area contributed by atoms with Crippen molar-refractivity contribution in [1.82, 2.24) is 34.7 Å². The number of aliphatic hydroxyl groups excluding tert-OH is 1. The van der Waals surface area contributed by atoms with Gasteiger partial charge in [0, 0.05) is 98.6 Å². The van der Waals surface area contributed by atoms with Gasteiger partial charge in [0.1, 0.15) is 6.29 Å². The van der Waals surface area contributed by atoms with Crippen LogP contribution in [0, 0.1) is 0 Å². The Morgan fingerprint density at radius 3 is 1.56 bits per heavy atom. The third-order valence-corrected chi connectivity index (χ3v) is 7.80. The van der Waals surface area contributed by atoms with Gasteiger partial charge in [0.25, 0.3) is 0 Å². The summed E-state index contributed by atoms with van der Waals surface area (Å²) in [6.07, 6.45) is 5.67. The topological polar surface area (TPSA) is 178 Å². The molecule has 0 saturated carbocycles. The predicted octanol–water partition coefficient (Wildman–Crippen LogP) is -1.34. The third kappa shape index (κ3) is 21.6. The molecular weight excluding hydrogens is 586 g/mol. The van der Waals surface area contributed by atoms with Crippen LogP contribution in [0.15, 0.2) is 0 Å². The number of likely N-dealkylation sites (N-methyl/N-ethyl adjacent to an activating group) is 1. The summed E-state index contributed by atoms with van der Waals surface area (Å²) in [6, 6.07) is 0. The molecule has 0 aromatic rings. The highest BCUT2D eigenvalue weighted by Gasteiger charge is 2.20. The maximum absolute atomic E-state index is 11.8. The number of aliphatic carboxylic acids is 2. The molecule has 2 aliphatic heterocycles. The summed E-state index contributed by atoms with van der Waals surface area (Å²) in [7, 11) is 1.00. The van der Waals surface area contributed by atoms with E-state index in [9.17, 15) is 24.0 Å². The van der Waals surface area contributed by atoms with Crippen molar-refractivity contribution in [2.75, 3.05) is 125 Å². The molecule has 2 rings (SSSR count). The summed E-state index contributed by atoms with van der Waals surface area (Å²) in [5, 5.41) is 27.7. The summed E-state index contributed by atoms with van der Waals surface area (Å²) in [5.41, 5.74) is 0. The summed E-state index contributed by atoms with van der Waals surface area (Å²) in [4.78, 5) is 67.1. The molecule has 2 amide bonds. The number of carbonyl (C=O) groups excluding carboxylic acids is 3. The summed E-state index contributed by atoms with van der Waals surface area (Å²) < 4.78 is 0. The van der Waals surface area contributed by atoms with E-state index in [1.54, 1.807) is 0 Å². The first-order valence-corrected chi connectivity index (χ1v) is 16.1. The molecule has 0 aromatic heterocycles. The Bertz CT molecular complexity index is 783. The maximum Gasteiger partial charge on any atom is 0.317 e. The molecule has 45 heavy (non-hydrogen) atoms. The van der Waals surface area contributed by atoms with Crippen LogP contribution >= 0.6 is 0 Å². The fraction of sp³-hybridized carbons (Fsp3) is 0.833. The Hall–Kier alpha value is -2.69. The van der Waals surface area contributed by atoms with E-state index in [-0.39, 0.29) is 25.5 Å². The summed E-state index contributed by atoms with van der Waals surface area (Å²) in [6.45, 7) is 15.6. The molecule has 2 aliphatic rings. The Morgan fingerprint density at radius 2 is 1.13 bits per heavy atom. The second kappa shape index (κ2) is 27.6. The number of carbonyl (C=O) groups is 5. The van der Waals surface area contributed by atoms with E-state index in [2.05, 4.69) is 22.0 Å². The second-order valence-electron chi connectivity index (χ2n) is 11.0. The van der Waals surface area contributed by atoms with E-state index in [0.717, 1.165) is 65.8 Å². The molecule has 0 aliphatic carbocycles. The average molecular weight is 646 g/mol. The molecule has 2 heterocycles. The molecule has 0 radical (unpaired) electrons. The average Bonchev–Trinajstić information content (AvgIpc) is 3.02. The number of hydrogen-bond donors (Lipinski definition) is 4. The van der Waals surface area contributed by atoms with Crippen molar-refractivity contribution in [1.29, 1.82) is 0 Å². The zero-order valence-electron chi connectivity index (χ0n) is 27.8. The highest BCUT2D eigenvalue weighted by molar-refractivity contribution is 5.76. The summed E-state index contributed by atoms with van der Waals surface area (Å²) >= 11 is 0. The molecular formula is C30H59N7O8. The van der Waals surface area contributed by atoms with Gasteiger partial charge in [-0.2, -0.15) is 0 Å². The predicted molar refractivity (Wildman–Crippen MR) is 172 cm³/mol. The number of nitrogens with zero attached hydrogens (tertiary/aromatic N) is 6. The largest absolute Gasteiger partial charge is 0.480 e. The third-order valence-electron chi connectivity index (χ3n) is 7.80. The molecule has 2 saturated heterocycles. The Labute approximate surface area is 269 Å². The zero-order chi connectivity index (χ0) is 33.9. The van der Waals surface area contributed by atoms with E-state index in [4.69, 9.17) is 15.3 Å². The fourth-order valence-corrected chi connectivity index (χ4v) is 5.08.